The van der Waals surface area contributed by atoms with Crippen LogP contribution in [0.25, 0.3) is 10.9 Å². The minimum absolute atomic E-state index is 0. The van der Waals surface area contributed by atoms with Gasteiger partial charge < -0.3 is 14.8 Å². The molecule has 1 fully saturated rings. The van der Waals surface area contributed by atoms with Crippen molar-refractivity contribution < 1.29 is 9.47 Å². The zero-order valence-corrected chi connectivity index (χ0v) is 18.2. The molecule has 2 aromatic carbocycles. The van der Waals surface area contributed by atoms with Gasteiger partial charge >= 0.3 is 0 Å². The predicted molar refractivity (Wildman–Crippen MR) is 121 cm³/mol. The van der Waals surface area contributed by atoms with Gasteiger partial charge in [-0.1, -0.05) is 30.3 Å². The first kappa shape index (κ1) is 22.1. The van der Waals surface area contributed by atoms with E-state index in [0.717, 1.165) is 31.2 Å². The van der Waals surface area contributed by atoms with Crippen LogP contribution in [0, 0.1) is 0 Å². The monoisotopic (exact) mass is 429 g/mol. The highest BCUT2D eigenvalue weighted by atomic mass is 35.5. The van der Waals surface area contributed by atoms with Gasteiger partial charge in [-0.3, -0.25) is 9.36 Å². The third-order valence-electron chi connectivity index (χ3n) is 5.68. The fourth-order valence-corrected chi connectivity index (χ4v) is 3.96. The van der Waals surface area contributed by atoms with Gasteiger partial charge in [-0.15, -0.1) is 12.4 Å². The first-order valence-electron chi connectivity index (χ1n) is 10.1. The normalized spacial score (nSPS) is 18.6. The lowest BCUT2D eigenvalue weighted by Crippen LogP contribution is -2.34. The number of rotatable bonds is 6. The summed E-state index contributed by atoms with van der Waals surface area (Å²) in [5, 5.41) is 3.88. The van der Waals surface area contributed by atoms with Gasteiger partial charge in [-0.05, 0) is 44.4 Å². The second kappa shape index (κ2) is 9.96. The molecule has 30 heavy (non-hydrogen) atoms. The standard InChI is InChI=1S/C23H27N3O3.ClH/c1-24-17-8-10-18(11-9-17)29-22-12-19-20(13-21(22)28-2)25-15-26(23(19)27)14-16-6-4-3-5-7-16;/h3-7,12-13,15,17-18,24H,8-11,14H2,1-2H3;1H. The first-order valence-corrected chi connectivity index (χ1v) is 10.1. The van der Waals surface area contributed by atoms with Crippen LogP contribution in [0.4, 0.5) is 0 Å². The van der Waals surface area contributed by atoms with Gasteiger partial charge in [0, 0.05) is 12.1 Å². The van der Waals surface area contributed by atoms with Crippen LogP contribution >= 0.6 is 12.4 Å². The summed E-state index contributed by atoms with van der Waals surface area (Å²) in [4.78, 5) is 17.6. The summed E-state index contributed by atoms with van der Waals surface area (Å²) in [7, 11) is 3.62. The van der Waals surface area contributed by atoms with Crippen LogP contribution in [0.1, 0.15) is 31.2 Å². The topological polar surface area (TPSA) is 65.4 Å². The van der Waals surface area contributed by atoms with Crippen molar-refractivity contribution in [2.75, 3.05) is 14.2 Å². The lowest BCUT2D eigenvalue weighted by molar-refractivity contribution is 0.137. The van der Waals surface area contributed by atoms with E-state index in [1.807, 2.05) is 37.4 Å². The van der Waals surface area contributed by atoms with E-state index in [2.05, 4.69) is 10.3 Å². The Morgan fingerprint density at radius 2 is 1.83 bits per heavy atom. The quantitative estimate of drug-likeness (QED) is 0.645. The highest BCUT2D eigenvalue weighted by molar-refractivity contribution is 5.85. The molecule has 0 saturated heterocycles. The number of aromatic nitrogens is 2. The Bertz CT molecular complexity index is 1030. The zero-order chi connectivity index (χ0) is 20.2. The number of fused-ring (bicyclic) bond motifs is 1. The minimum atomic E-state index is -0.0785. The minimum Gasteiger partial charge on any atom is -0.493 e. The fourth-order valence-electron chi connectivity index (χ4n) is 3.96. The molecule has 0 bridgehead atoms. The predicted octanol–water partition coefficient (Wildman–Crippen LogP) is 3.78. The fraction of sp³-hybridized carbons (Fsp3) is 0.391. The average molecular weight is 430 g/mol. The summed E-state index contributed by atoms with van der Waals surface area (Å²) in [5.74, 6) is 1.23. The molecule has 0 atom stereocenters. The summed E-state index contributed by atoms with van der Waals surface area (Å²) in [6.07, 6.45) is 5.87. The van der Waals surface area contributed by atoms with Crippen molar-refractivity contribution in [3.05, 3.63) is 64.7 Å². The average Bonchev–Trinajstić information content (AvgIpc) is 2.77. The third-order valence-corrected chi connectivity index (χ3v) is 5.68. The van der Waals surface area contributed by atoms with Crippen LogP contribution < -0.4 is 20.3 Å². The number of hydrogen-bond donors (Lipinski definition) is 1. The SMILES string of the molecule is CNC1CCC(Oc2cc3c(=O)n(Cc4ccccc4)cnc3cc2OC)CC1.Cl. The van der Waals surface area contributed by atoms with Crippen molar-refractivity contribution in [3.63, 3.8) is 0 Å². The molecular weight excluding hydrogens is 402 g/mol. The second-order valence-corrected chi connectivity index (χ2v) is 7.56. The molecule has 1 aromatic heterocycles. The molecule has 0 unspecified atom stereocenters. The smallest absolute Gasteiger partial charge is 0.261 e. The first-order chi connectivity index (χ1) is 14.2. The van der Waals surface area contributed by atoms with E-state index in [1.54, 1.807) is 30.1 Å². The van der Waals surface area contributed by atoms with E-state index in [0.29, 0.717) is 35.0 Å². The van der Waals surface area contributed by atoms with E-state index in [9.17, 15) is 4.79 Å². The highest BCUT2D eigenvalue weighted by Crippen LogP contribution is 2.33. The summed E-state index contributed by atoms with van der Waals surface area (Å²) < 4.78 is 13.4. The van der Waals surface area contributed by atoms with E-state index in [1.165, 1.54) is 0 Å². The van der Waals surface area contributed by atoms with Crippen molar-refractivity contribution >= 4 is 23.3 Å². The molecule has 3 aromatic rings. The molecule has 7 heteroatoms. The molecule has 1 saturated carbocycles. The van der Waals surface area contributed by atoms with Crippen LogP contribution in [-0.4, -0.2) is 35.9 Å². The summed E-state index contributed by atoms with van der Waals surface area (Å²) >= 11 is 0. The highest BCUT2D eigenvalue weighted by Gasteiger charge is 2.23. The number of hydrogen-bond acceptors (Lipinski definition) is 5. The van der Waals surface area contributed by atoms with Crippen LogP contribution in [0.3, 0.4) is 0 Å². The summed E-state index contributed by atoms with van der Waals surface area (Å²) in [5.41, 5.74) is 1.59. The Hall–Kier alpha value is -2.57. The molecule has 0 radical (unpaired) electrons. The van der Waals surface area contributed by atoms with Crippen LogP contribution in [0.15, 0.2) is 53.6 Å². The van der Waals surface area contributed by atoms with Gasteiger partial charge in [-0.2, -0.15) is 0 Å². The van der Waals surface area contributed by atoms with E-state index in [4.69, 9.17) is 9.47 Å². The summed E-state index contributed by atoms with van der Waals surface area (Å²) in [6.45, 7) is 0.485. The molecular formula is C23H28ClN3O3. The molecule has 0 spiro atoms. The zero-order valence-electron chi connectivity index (χ0n) is 17.3. The Kier molecular flexibility index (Phi) is 7.34. The maximum atomic E-state index is 13.1. The van der Waals surface area contributed by atoms with Gasteiger partial charge in [0.2, 0.25) is 0 Å². The second-order valence-electron chi connectivity index (χ2n) is 7.56. The van der Waals surface area contributed by atoms with Gasteiger partial charge in [0.05, 0.1) is 37.0 Å². The van der Waals surface area contributed by atoms with Crippen LogP contribution in [0.5, 0.6) is 11.5 Å². The maximum absolute atomic E-state index is 13.1. The molecule has 1 N–H and O–H groups in total. The van der Waals surface area contributed by atoms with Crippen molar-refractivity contribution in [1.29, 1.82) is 0 Å². The van der Waals surface area contributed by atoms with Gasteiger partial charge in [0.1, 0.15) is 0 Å². The number of nitrogens with one attached hydrogen (secondary N) is 1. The number of benzene rings is 2. The van der Waals surface area contributed by atoms with Crippen molar-refractivity contribution in [1.82, 2.24) is 14.9 Å². The van der Waals surface area contributed by atoms with Crippen molar-refractivity contribution in [2.45, 2.75) is 44.4 Å². The Balaban J connectivity index is 0.00000256. The molecule has 0 amide bonds. The molecule has 1 aliphatic rings. The van der Waals surface area contributed by atoms with E-state index < -0.39 is 0 Å². The van der Waals surface area contributed by atoms with E-state index >= 15 is 0 Å². The van der Waals surface area contributed by atoms with E-state index in [-0.39, 0.29) is 24.1 Å². The summed E-state index contributed by atoms with van der Waals surface area (Å²) in [6, 6.07) is 14.0. The lowest BCUT2D eigenvalue weighted by atomic mass is 9.93. The molecule has 4 rings (SSSR count). The van der Waals surface area contributed by atoms with Crippen molar-refractivity contribution in [3.8, 4) is 11.5 Å². The lowest BCUT2D eigenvalue weighted by Gasteiger charge is -2.29. The molecule has 0 aliphatic heterocycles. The molecule has 6 nitrogen and oxygen atoms in total. The number of halogens is 1. The van der Waals surface area contributed by atoms with Crippen molar-refractivity contribution in [2.24, 2.45) is 0 Å². The number of nitrogens with zero attached hydrogens (tertiary/aromatic N) is 2. The largest absolute Gasteiger partial charge is 0.493 e. The number of methoxy groups -OCH3 is 1. The third kappa shape index (κ3) is 4.77. The van der Waals surface area contributed by atoms with Gasteiger partial charge in [-0.25, -0.2) is 4.98 Å². The Morgan fingerprint density at radius 1 is 1.10 bits per heavy atom. The van der Waals surface area contributed by atoms with Crippen LogP contribution in [0.2, 0.25) is 0 Å². The Morgan fingerprint density at radius 3 is 2.50 bits per heavy atom. The number of ether oxygens (including phenoxy) is 2. The van der Waals surface area contributed by atoms with Gasteiger partial charge in [0.25, 0.3) is 5.56 Å². The van der Waals surface area contributed by atoms with Gasteiger partial charge in [0.15, 0.2) is 11.5 Å². The molecule has 1 aliphatic carbocycles. The molecule has 1 heterocycles. The molecule has 160 valence electrons. The Labute approximate surface area is 182 Å². The maximum Gasteiger partial charge on any atom is 0.261 e. The van der Waals surface area contributed by atoms with Crippen LogP contribution in [-0.2, 0) is 6.54 Å².